The fourth-order valence-corrected chi connectivity index (χ4v) is 2.32. The predicted molar refractivity (Wildman–Crippen MR) is 79.0 cm³/mol. The fraction of sp³-hybridized carbons (Fsp3) is 0.286. The molecule has 3 rings (SSSR count). The van der Waals surface area contributed by atoms with Crippen molar-refractivity contribution < 1.29 is 18.0 Å². The first-order valence-electron chi connectivity index (χ1n) is 7.11. The summed E-state index contributed by atoms with van der Waals surface area (Å²) in [5.41, 5.74) is -0.970. The monoisotopic (exact) mass is 338 g/mol. The molecule has 0 atom stereocenters. The van der Waals surface area contributed by atoms with Gasteiger partial charge in [0.1, 0.15) is 12.7 Å². The lowest BCUT2D eigenvalue weighted by atomic mass is 10.1. The van der Waals surface area contributed by atoms with E-state index in [1.165, 1.54) is 24.8 Å². The molecule has 3 aromatic rings. The number of alkyl halides is 3. The Morgan fingerprint density at radius 2 is 2.17 bits per heavy atom. The molecule has 10 heteroatoms. The molecule has 7 nitrogen and oxygen atoms in total. The number of aromatic amines is 1. The molecule has 0 fully saturated rings. The van der Waals surface area contributed by atoms with Crippen molar-refractivity contribution in [3.8, 4) is 0 Å². The Kier molecular flexibility index (Phi) is 4.19. The molecule has 1 amide bonds. The number of amides is 1. The van der Waals surface area contributed by atoms with Crippen LogP contribution in [-0.4, -0.2) is 30.9 Å². The molecular formula is C14H13F3N6O. The van der Waals surface area contributed by atoms with E-state index >= 15 is 0 Å². The van der Waals surface area contributed by atoms with Gasteiger partial charge in [0, 0.05) is 18.4 Å². The second kappa shape index (κ2) is 6.30. The third-order valence-electron chi connectivity index (χ3n) is 3.42. The first kappa shape index (κ1) is 16.0. The van der Waals surface area contributed by atoms with Crippen LogP contribution in [0.15, 0.2) is 30.9 Å². The van der Waals surface area contributed by atoms with Crippen LogP contribution in [0.3, 0.4) is 0 Å². The van der Waals surface area contributed by atoms with E-state index in [1.807, 2.05) is 0 Å². The average Bonchev–Trinajstić information content (AvgIpc) is 3.16. The van der Waals surface area contributed by atoms with Crippen LogP contribution < -0.4 is 5.32 Å². The maximum Gasteiger partial charge on any atom is 0.418 e. The van der Waals surface area contributed by atoms with Crippen molar-refractivity contribution in [3.63, 3.8) is 0 Å². The number of H-pyrrole nitrogens is 1. The number of para-hydroxylation sites is 1. The number of rotatable bonds is 5. The van der Waals surface area contributed by atoms with Gasteiger partial charge in [-0.05, 0) is 18.6 Å². The molecule has 0 aliphatic carbocycles. The topological polar surface area (TPSA) is 88.5 Å². The first-order chi connectivity index (χ1) is 11.4. The Balaban J connectivity index is 1.68. The molecular weight excluding hydrogens is 325 g/mol. The summed E-state index contributed by atoms with van der Waals surface area (Å²) in [5, 5.41) is 12.8. The Labute approximate surface area is 133 Å². The van der Waals surface area contributed by atoms with E-state index in [2.05, 4.69) is 25.6 Å². The Hall–Kier alpha value is -2.91. The maximum absolute atomic E-state index is 12.9. The second-order valence-corrected chi connectivity index (χ2v) is 5.11. The molecule has 0 radical (unpaired) electrons. The van der Waals surface area contributed by atoms with Crippen LogP contribution in [0.1, 0.15) is 18.4 Å². The average molecular weight is 338 g/mol. The molecule has 2 heterocycles. The summed E-state index contributed by atoms with van der Waals surface area (Å²) < 4.78 is 40.4. The van der Waals surface area contributed by atoms with Gasteiger partial charge in [-0.15, -0.1) is 0 Å². The number of nitrogens with one attached hydrogen (secondary N) is 2. The molecule has 0 saturated carbocycles. The van der Waals surface area contributed by atoms with E-state index in [9.17, 15) is 18.0 Å². The van der Waals surface area contributed by atoms with Crippen LogP contribution in [0, 0.1) is 0 Å². The Morgan fingerprint density at radius 1 is 1.33 bits per heavy atom. The number of benzene rings is 1. The van der Waals surface area contributed by atoms with Gasteiger partial charge < -0.3 is 5.32 Å². The minimum absolute atomic E-state index is 0.0851. The van der Waals surface area contributed by atoms with Gasteiger partial charge in [0.15, 0.2) is 5.82 Å². The van der Waals surface area contributed by atoms with Gasteiger partial charge in [0.25, 0.3) is 0 Å². The number of carbonyl (C=O) groups excluding carboxylic acids is 1. The lowest BCUT2D eigenvalue weighted by Gasteiger charge is -2.07. The molecule has 0 saturated heterocycles. The van der Waals surface area contributed by atoms with Crippen molar-refractivity contribution in [2.75, 3.05) is 5.32 Å². The van der Waals surface area contributed by atoms with Gasteiger partial charge >= 0.3 is 6.18 Å². The van der Waals surface area contributed by atoms with Crippen LogP contribution in [0.4, 0.5) is 19.0 Å². The van der Waals surface area contributed by atoms with E-state index in [0.29, 0.717) is 13.0 Å². The third-order valence-corrected chi connectivity index (χ3v) is 3.42. The largest absolute Gasteiger partial charge is 0.418 e. The van der Waals surface area contributed by atoms with E-state index < -0.39 is 11.7 Å². The molecule has 0 unspecified atom stereocenters. The van der Waals surface area contributed by atoms with Gasteiger partial charge in [0.2, 0.25) is 5.91 Å². The highest BCUT2D eigenvalue weighted by Gasteiger charge is 2.33. The molecule has 0 spiro atoms. The third kappa shape index (κ3) is 3.36. The summed E-state index contributed by atoms with van der Waals surface area (Å²) in [6, 6.07) is 3.71. The van der Waals surface area contributed by atoms with Crippen molar-refractivity contribution in [1.29, 1.82) is 0 Å². The van der Waals surface area contributed by atoms with Gasteiger partial charge in [-0.25, -0.2) is 4.98 Å². The standard InChI is InChI=1S/C14H13F3N6O/c15-14(16,17)10-4-1-3-9-12(10)21-22-13(9)20-11(24)5-2-6-23-8-18-7-19-23/h1,3-4,7-8H,2,5-6H2,(H2,20,21,22,24). The number of carbonyl (C=O) groups is 1. The summed E-state index contributed by atoms with van der Waals surface area (Å²) in [5.74, 6) is -0.247. The molecule has 126 valence electrons. The highest BCUT2D eigenvalue weighted by Crippen LogP contribution is 2.35. The lowest BCUT2D eigenvalue weighted by Crippen LogP contribution is -2.13. The van der Waals surface area contributed by atoms with Gasteiger partial charge in [-0.1, -0.05) is 6.07 Å². The number of hydrogen-bond donors (Lipinski definition) is 2. The molecule has 2 aromatic heterocycles. The Bertz CT molecular complexity index is 840. The number of hydrogen-bond acceptors (Lipinski definition) is 4. The highest BCUT2D eigenvalue weighted by molar-refractivity contribution is 6.00. The predicted octanol–water partition coefficient (Wildman–Crippen LogP) is 2.59. The quantitative estimate of drug-likeness (QED) is 0.748. The molecule has 24 heavy (non-hydrogen) atoms. The van der Waals surface area contributed by atoms with Crippen LogP contribution in [0.25, 0.3) is 10.9 Å². The summed E-state index contributed by atoms with van der Waals surface area (Å²) in [7, 11) is 0. The van der Waals surface area contributed by atoms with Crippen molar-refractivity contribution in [2.24, 2.45) is 0 Å². The zero-order valence-corrected chi connectivity index (χ0v) is 12.3. The summed E-state index contributed by atoms with van der Waals surface area (Å²) >= 11 is 0. The number of nitrogens with zero attached hydrogens (tertiary/aromatic N) is 4. The second-order valence-electron chi connectivity index (χ2n) is 5.11. The van der Waals surface area contributed by atoms with Crippen molar-refractivity contribution in [3.05, 3.63) is 36.4 Å². The van der Waals surface area contributed by atoms with E-state index in [-0.39, 0.29) is 29.0 Å². The lowest BCUT2D eigenvalue weighted by molar-refractivity contribution is -0.136. The van der Waals surface area contributed by atoms with E-state index in [4.69, 9.17) is 0 Å². The van der Waals surface area contributed by atoms with Crippen LogP contribution in [-0.2, 0) is 17.5 Å². The van der Waals surface area contributed by atoms with Crippen LogP contribution >= 0.6 is 0 Å². The molecule has 0 bridgehead atoms. The number of anilines is 1. The van der Waals surface area contributed by atoms with E-state index in [1.54, 1.807) is 4.68 Å². The Morgan fingerprint density at radius 3 is 2.88 bits per heavy atom. The number of fused-ring (bicyclic) bond motifs is 1. The molecule has 0 aliphatic heterocycles. The van der Waals surface area contributed by atoms with Crippen molar-refractivity contribution in [2.45, 2.75) is 25.6 Å². The minimum atomic E-state index is -4.49. The number of aryl methyl sites for hydroxylation is 1. The molecule has 1 aromatic carbocycles. The van der Waals surface area contributed by atoms with Crippen LogP contribution in [0.2, 0.25) is 0 Å². The van der Waals surface area contributed by atoms with Crippen LogP contribution in [0.5, 0.6) is 0 Å². The van der Waals surface area contributed by atoms with Crippen molar-refractivity contribution in [1.82, 2.24) is 25.0 Å². The highest BCUT2D eigenvalue weighted by atomic mass is 19.4. The van der Waals surface area contributed by atoms with Gasteiger partial charge in [0.05, 0.1) is 11.1 Å². The maximum atomic E-state index is 12.9. The minimum Gasteiger partial charge on any atom is -0.309 e. The smallest absolute Gasteiger partial charge is 0.309 e. The zero-order valence-electron chi connectivity index (χ0n) is 12.3. The van der Waals surface area contributed by atoms with Crippen molar-refractivity contribution >= 4 is 22.6 Å². The van der Waals surface area contributed by atoms with Gasteiger partial charge in [-0.3, -0.25) is 14.6 Å². The zero-order chi connectivity index (χ0) is 17.2. The fourth-order valence-electron chi connectivity index (χ4n) is 2.32. The molecule has 2 N–H and O–H groups in total. The number of aromatic nitrogens is 5. The normalized spacial score (nSPS) is 11.8. The summed E-state index contributed by atoms with van der Waals surface area (Å²) in [6.07, 6.45) is -0.852. The van der Waals surface area contributed by atoms with E-state index in [0.717, 1.165) is 6.07 Å². The number of halogens is 3. The van der Waals surface area contributed by atoms with Gasteiger partial charge in [-0.2, -0.15) is 23.4 Å². The first-order valence-corrected chi connectivity index (χ1v) is 7.11. The summed E-state index contributed by atoms with van der Waals surface area (Å²) in [6.45, 7) is 0.521. The SMILES string of the molecule is O=C(CCCn1cncn1)Nc1n[nH]c2c(C(F)(F)F)cccc12. The summed E-state index contributed by atoms with van der Waals surface area (Å²) in [4.78, 5) is 15.7. The molecule has 0 aliphatic rings.